The Kier molecular flexibility index (Phi) is 4.98. The van der Waals surface area contributed by atoms with Crippen LogP contribution >= 0.6 is 31.9 Å². The van der Waals surface area contributed by atoms with Crippen LogP contribution in [-0.2, 0) is 0 Å². The van der Waals surface area contributed by atoms with Crippen molar-refractivity contribution in [2.24, 2.45) is 0 Å². The Hall–Kier alpha value is -0.640. The third-order valence-electron chi connectivity index (χ3n) is 2.76. The zero-order chi connectivity index (χ0) is 13.0. The molecule has 0 spiro atoms. The van der Waals surface area contributed by atoms with Gasteiger partial charge in [-0.2, -0.15) is 0 Å². The zero-order valence-electron chi connectivity index (χ0n) is 10.2. The molecule has 18 heavy (non-hydrogen) atoms. The molecule has 3 heteroatoms. The monoisotopic (exact) mass is 367 g/mol. The lowest BCUT2D eigenvalue weighted by molar-refractivity contribution is 0.630. The molecule has 0 aliphatic rings. The fourth-order valence-electron chi connectivity index (χ4n) is 2.02. The predicted molar refractivity (Wildman–Crippen MR) is 83.8 cm³/mol. The SMILES string of the molecule is CCNC(c1ccccc1)c1cc(Br)cc(Br)c1. The van der Waals surface area contributed by atoms with Crippen molar-refractivity contribution in [2.75, 3.05) is 6.54 Å². The zero-order valence-corrected chi connectivity index (χ0v) is 13.3. The van der Waals surface area contributed by atoms with Gasteiger partial charge in [0.25, 0.3) is 0 Å². The first-order chi connectivity index (χ1) is 8.70. The molecule has 1 N–H and O–H groups in total. The molecule has 2 rings (SSSR count). The average Bonchev–Trinajstić information content (AvgIpc) is 2.36. The number of halogens is 2. The smallest absolute Gasteiger partial charge is 0.0577 e. The molecule has 0 amide bonds. The molecule has 0 aliphatic heterocycles. The van der Waals surface area contributed by atoms with Crippen molar-refractivity contribution in [2.45, 2.75) is 13.0 Å². The van der Waals surface area contributed by atoms with Crippen LogP contribution in [0.25, 0.3) is 0 Å². The van der Waals surface area contributed by atoms with Crippen molar-refractivity contribution in [3.05, 3.63) is 68.6 Å². The highest BCUT2D eigenvalue weighted by Crippen LogP contribution is 2.28. The lowest BCUT2D eigenvalue weighted by atomic mass is 9.99. The van der Waals surface area contributed by atoms with Crippen LogP contribution < -0.4 is 5.32 Å². The molecule has 0 radical (unpaired) electrons. The van der Waals surface area contributed by atoms with Crippen molar-refractivity contribution in [3.8, 4) is 0 Å². The average molecular weight is 369 g/mol. The fraction of sp³-hybridized carbons (Fsp3) is 0.200. The van der Waals surface area contributed by atoms with E-state index in [1.54, 1.807) is 0 Å². The maximum atomic E-state index is 3.55. The molecule has 1 unspecified atom stereocenters. The standard InChI is InChI=1S/C15H15Br2N/c1-2-18-15(11-6-4-3-5-7-11)12-8-13(16)10-14(17)9-12/h3-10,15,18H,2H2,1H3. The summed E-state index contributed by atoms with van der Waals surface area (Å²) in [5.41, 5.74) is 2.54. The van der Waals surface area contributed by atoms with Gasteiger partial charge in [-0.3, -0.25) is 0 Å². The Bertz CT molecular complexity index is 491. The van der Waals surface area contributed by atoms with Gasteiger partial charge in [0.2, 0.25) is 0 Å². The van der Waals surface area contributed by atoms with Crippen molar-refractivity contribution >= 4 is 31.9 Å². The molecule has 0 heterocycles. The van der Waals surface area contributed by atoms with Gasteiger partial charge in [-0.05, 0) is 35.9 Å². The molecule has 0 saturated carbocycles. The van der Waals surface area contributed by atoms with E-state index in [0.29, 0.717) is 0 Å². The van der Waals surface area contributed by atoms with Gasteiger partial charge >= 0.3 is 0 Å². The molecule has 94 valence electrons. The summed E-state index contributed by atoms with van der Waals surface area (Å²) in [6.07, 6.45) is 0. The van der Waals surface area contributed by atoms with Gasteiger partial charge in [0, 0.05) is 8.95 Å². The first-order valence-electron chi connectivity index (χ1n) is 5.95. The van der Waals surface area contributed by atoms with E-state index in [4.69, 9.17) is 0 Å². The molecule has 0 fully saturated rings. The van der Waals surface area contributed by atoms with Gasteiger partial charge < -0.3 is 5.32 Å². The topological polar surface area (TPSA) is 12.0 Å². The van der Waals surface area contributed by atoms with Crippen molar-refractivity contribution in [1.82, 2.24) is 5.32 Å². The van der Waals surface area contributed by atoms with Crippen LogP contribution in [0.4, 0.5) is 0 Å². The van der Waals surface area contributed by atoms with Gasteiger partial charge in [-0.1, -0.05) is 69.1 Å². The van der Waals surface area contributed by atoms with E-state index in [-0.39, 0.29) is 6.04 Å². The molecule has 0 bridgehead atoms. The molecular weight excluding hydrogens is 354 g/mol. The maximum Gasteiger partial charge on any atom is 0.0577 e. The van der Waals surface area contributed by atoms with E-state index in [9.17, 15) is 0 Å². The summed E-state index contributed by atoms with van der Waals surface area (Å²) in [4.78, 5) is 0. The van der Waals surface area contributed by atoms with E-state index in [0.717, 1.165) is 15.5 Å². The summed E-state index contributed by atoms with van der Waals surface area (Å²) in [7, 11) is 0. The highest BCUT2D eigenvalue weighted by molar-refractivity contribution is 9.11. The Balaban J connectivity index is 2.41. The third kappa shape index (κ3) is 3.44. The minimum absolute atomic E-state index is 0.227. The summed E-state index contributed by atoms with van der Waals surface area (Å²) in [6.45, 7) is 3.06. The largest absolute Gasteiger partial charge is 0.307 e. The number of nitrogens with one attached hydrogen (secondary N) is 1. The van der Waals surface area contributed by atoms with Crippen LogP contribution in [0.3, 0.4) is 0 Å². The second kappa shape index (κ2) is 6.50. The lowest BCUT2D eigenvalue weighted by Crippen LogP contribution is -2.21. The van der Waals surface area contributed by atoms with Crippen LogP contribution in [0.1, 0.15) is 24.1 Å². The van der Waals surface area contributed by atoms with Crippen molar-refractivity contribution < 1.29 is 0 Å². The van der Waals surface area contributed by atoms with E-state index >= 15 is 0 Å². The summed E-state index contributed by atoms with van der Waals surface area (Å²) in [6, 6.07) is 17.1. The summed E-state index contributed by atoms with van der Waals surface area (Å²) in [5.74, 6) is 0. The Morgan fingerprint density at radius 1 is 0.944 bits per heavy atom. The fourth-order valence-corrected chi connectivity index (χ4v) is 3.35. The normalized spacial score (nSPS) is 12.4. The van der Waals surface area contributed by atoms with Crippen LogP contribution in [0.5, 0.6) is 0 Å². The first-order valence-corrected chi connectivity index (χ1v) is 7.53. The Morgan fingerprint density at radius 3 is 2.11 bits per heavy atom. The van der Waals surface area contributed by atoms with E-state index < -0.39 is 0 Å². The second-order valence-electron chi connectivity index (χ2n) is 4.10. The van der Waals surface area contributed by atoms with Crippen LogP contribution in [0.2, 0.25) is 0 Å². The number of hydrogen-bond donors (Lipinski definition) is 1. The minimum Gasteiger partial charge on any atom is -0.307 e. The summed E-state index contributed by atoms with van der Waals surface area (Å²) in [5, 5.41) is 3.53. The molecular formula is C15H15Br2N. The first kappa shape index (κ1) is 13.8. The van der Waals surface area contributed by atoms with Gasteiger partial charge in [-0.15, -0.1) is 0 Å². The van der Waals surface area contributed by atoms with E-state index in [1.165, 1.54) is 11.1 Å². The van der Waals surface area contributed by atoms with Gasteiger partial charge in [-0.25, -0.2) is 0 Å². The molecule has 1 atom stereocenters. The maximum absolute atomic E-state index is 3.55. The van der Waals surface area contributed by atoms with Gasteiger partial charge in [0.05, 0.1) is 6.04 Å². The lowest BCUT2D eigenvalue weighted by Gasteiger charge is -2.19. The number of hydrogen-bond acceptors (Lipinski definition) is 1. The quantitative estimate of drug-likeness (QED) is 0.808. The van der Waals surface area contributed by atoms with Crippen molar-refractivity contribution in [3.63, 3.8) is 0 Å². The van der Waals surface area contributed by atoms with Crippen LogP contribution in [0.15, 0.2) is 57.5 Å². The van der Waals surface area contributed by atoms with Gasteiger partial charge in [0.15, 0.2) is 0 Å². The molecule has 1 nitrogen and oxygen atoms in total. The molecule has 0 aliphatic carbocycles. The Labute approximate surface area is 125 Å². The van der Waals surface area contributed by atoms with E-state index in [1.807, 2.05) is 6.07 Å². The van der Waals surface area contributed by atoms with Crippen LogP contribution in [0, 0.1) is 0 Å². The number of rotatable bonds is 4. The highest BCUT2D eigenvalue weighted by atomic mass is 79.9. The Morgan fingerprint density at radius 2 is 1.56 bits per heavy atom. The van der Waals surface area contributed by atoms with Crippen LogP contribution in [-0.4, -0.2) is 6.54 Å². The molecule has 0 aromatic heterocycles. The third-order valence-corrected chi connectivity index (χ3v) is 3.68. The van der Waals surface area contributed by atoms with Gasteiger partial charge in [0.1, 0.15) is 0 Å². The summed E-state index contributed by atoms with van der Waals surface area (Å²) < 4.78 is 2.18. The van der Waals surface area contributed by atoms with E-state index in [2.05, 4.69) is 86.6 Å². The highest BCUT2D eigenvalue weighted by Gasteiger charge is 2.13. The predicted octanol–water partition coefficient (Wildman–Crippen LogP) is 4.91. The molecule has 2 aromatic rings. The number of benzene rings is 2. The minimum atomic E-state index is 0.227. The molecule has 2 aromatic carbocycles. The summed E-state index contributed by atoms with van der Waals surface area (Å²) >= 11 is 7.09. The molecule has 0 saturated heterocycles. The second-order valence-corrected chi connectivity index (χ2v) is 5.94. The van der Waals surface area contributed by atoms with Crippen molar-refractivity contribution in [1.29, 1.82) is 0 Å².